The Bertz CT molecular complexity index is 640. The van der Waals surface area contributed by atoms with Crippen LogP contribution in [-0.2, 0) is 27.2 Å². The van der Waals surface area contributed by atoms with Crippen LogP contribution < -0.4 is 16.6 Å². The number of nitrogens with zero attached hydrogens (tertiary/aromatic N) is 5. The van der Waals surface area contributed by atoms with Crippen molar-refractivity contribution >= 4 is 0 Å². The van der Waals surface area contributed by atoms with Crippen LogP contribution in [0.1, 0.15) is 11.4 Å². The summed E-state index contributed by atoms with van der Waals surface area (Å²) in [4.78, 5) is 23.3. The molecule has 0 radical (unpaired) electrons. The molecule has 0 bridgehead atoms. The van der Waals surface area contributed by atoms with Crippen LogP contribution in [0, 0.1) is 0 Å². The van der Waals surface area contributed by atoms with Crippen LogP contribution in [0.25, 0.3) is 0 Å². The molecule has 0 atom stereocenters. The number of rotatable bonds is 4. The minimum absolute atomic E-state index is 0.307. The Hall–Kier alpha value is -2.29. The van der Waals surface area contributed by atoms with E-state index in [1.165, 1.54) is 17.8 Å². The van der Waals surface area contributed by atoms with Gasteiger partial charge >= 0.3 is 5.69 Å². The van der Waals surface area contributed by atoms with Crippen LogP contribution in [-0.4, -0.2) is 29.8 Å². The lowest BCUT2D eigenvalue weighted by Gasteiger charge is -2.06. The number of aromatic amines is 1. The summed E-state index contributed by atoms with van der Waals surface area (Å²) in [5, 5.41) is 16.3. The summed E-state index contributed by atoms with van der Waals surface area (Å²) in [6.45, 7) is 0.720. The molecule has 2 aromatic heterocycles. The Morgan fingerprint density at radius 1 is 1.33 bits per heavy atom. The summed E-state index contributed by atoms with van der Waals surface area (Å²) >= 11 is 0. The number of hydrogen-bond donors (Lipinski definition) is 2. The Balaban J connectivity index is 2.10. The second-order valence-electron chi connectivity index (χ2n) is 3.84. The largest absolute Gasteiger partial charge is 0.330 e. The van der Waals surface area contributed by atoms with Crippen molar-refractivity contribution in [2.24, 2.45) is 14.1 Å². The Morgan fingerprint density at radius 3 is 2.78 bits per heavy atom. The number of aryl methyl sites for hydroxylation is 1. The molecule has 0 aromatic carbocycles. The molecule has 0 aliphatic rings. The molecule has 2 N–H and O–H groups in total. The molecule has 0 saturated carbocycles. The zero-order valence-electron chi connectivity index (χ0n) is 10.0. The van der Waals surface area contributed by atoms with Gasteiger partial charge in [-0.1, -0.05) is 5.21 Å². The van der Waals surface area contributed by atoms with E-state index in [-0.39, 0.29) is 11.2 Å². The highest BCUT2D eigenvalue weighted by atomic mass is 16.2. The molecule has 0 fully saturated rings. The quantitative estimate of drug-likeness (QED) is 0.643. The predicted molar refractivity (Wildman–Crippen MR) is 61.6 cm³/mol. The fourth-order valence-corrected chi connectivity index (χ4v) is 1.57. The molecule has 0 unspecified atom stereocenters. The standard InChI is InChI=1S/C9H13N7O2/c1-15-5-6(8(17)16(2)9(15)18)3-10-4-7-11-13-14-12-7/h5,10H,3-4H2,1-2H3,(H,11,12,13,14). The van der Waals surface area contributed by atoms with Gasteiger partial charge in [0.2, 0.25) is 0 Å². The molecule has 2 aromatic rings. The van der Waals surface area contributed by atoms with Gasteiger partial charge < -0.3 is 9.88 Å². The van der Waals surface area contributed by atoms with Crippen molar-refractivity contribution in [2.75, 3.05) is 0 Å². The van der Waals surface area contributed by atoms with Crippen molar-refractivity contribution < 1.29 is 0 Å². The van der Waals surface area contributed by atoms with Gasteiger partial charge in [-0.2, -0.15) is 5.21 Å². The van der Waals surface area contributed by atoms with Gasteiger partial charge in [-0.05, 0) is 0 Å². The second-order valence-corrected chi connectivity index (χ2v) is 3.84. The van der Waals surface area contributed by atoms with Gasteiger partial charge in [-0.15, -0.1) is 10.2 Å². The van der Waals surface area contributed by atoms with E-state index in [4.69, 9.17) is 0 Å². The Kier molecular flexibility index (Phi) is 3.33. The molecule has 96 valence electrons. The van der Waals surface area contributed by atoms with Crippen molar-refractivity contribution in [2.45, 2.75) is 13.1 Å². The molecular formula is C9H13N7O2. The summed E-state index contributed by atoms with van der Waals surface area (Å²) in [5.74, 6) is 0.511. The smallest absolute Gasteiger partial charge is 0.305 e. The summed E-state index contributed by atoms with van der Waals surface area (Å²) in [6.07, 6.45) is 1.52. The summed E-state index contributed by atoms with van der Waals surface area (Å²) < 4.78 is 2.44. The number of nitrogens with one attached hydrogen (secondary N) is 2. The van der Waals surface area contributed by atoms with Gasteiger partial charge in [0.05, 0.1) is 6.54 Å². The van der Waals surface area contributed by atoms with Crippen LogP contribution in [0.3, 0.4) is 0 Å². The highest BCUT2D eigenvalue weighted by molar-refractivity contribution is 5.05. The maximum Gasteiger partial charge on any atom is 0.330 e. The molecule has 0 aliphatic heterocycles. The fourth-order valence-electron chi connectivity index (χ4n) is 1.57. The van der Waals surface area contributed by atoms with Gasteiger partial charge in [-0.25, -0.2) is 4.79 Å². The van der Waals surface area contributed by atoms with E-state index in [1.54, 1.807) is 7.05 Å². The summed E-state index contributed by atoms with van der Waals surface area (Å²) in [5.41, 5.74) is -0.149. The number of tetrazole rings is 1. The van der Waals surface area contributed by atoms with E-state index in [2.05, 4.69) is 25.9 Å². The normalized spacial score (nSPS) is 10.8. The molecule has 9 heteroatoms. The van der Waals surface area contributed by atoms with Crippen molar-refractivity contribution in [3.8, 4) is 0 Å². The van der Waals surface area contributed by atoms with E-state index in [9.17, 15) is 9.59 Å². The van der Waals surface area contributed by atoms with Gasteiger partial charge in [0, 0.05) is 32.4 Å². The molecule has 0 amide bonds. The molecule has 2 heterocycles. The first-order valence-corrected chi connectivity index (χ1v) is 5.28. The number of aromatic nitrogens is 6. The van der Waals surface area contributed by atoms with E-state index >= 15 is 0 Å². The third-order valence-corrected chi connectivity index (χ3v) is 2.51. The third-order valence-electron chi connectivity index (χ3n) is 2.51. The van der Waals surface area contributed by atoms with Gasteiger partial charge in [-0.3, -0.25) is 9.36 Å². The van der Waals surface area contributed by atoms with E-state index < -0.39 is 0 Å². The first-order chi connectivity index (χ1) is 8.59. The van der Waals surface area contributed by atoms with E-state index in [1.807, 2.05) is 0 Å². The molecular weight excluding hydrogens is 238 g/mol. The van der Waals surface area contributed by atoms with E-state index in [0.717, 1.165) is 4.57 Å². The van der Waals surface area contributed by atoms with Gasteiger partial charge in [0.15, 0.2) is 5.82 Å². The fraction of sp³-hybridized carbons (Fsp3) is 0.444. The monoisotopic (exact) mass is 251 g/mol. The van der Waals surface area contributed by atoms with Crippen molar-refractivity contribution in [3.05, 3.63) is 38.4 Å². The topological polar surface area (TPSA) is 110 Å². The lowest BCUT2D eigenvalue weighted by atomic mass is 10.3. The molecule has 0 aliphatic carbocycles. The summed E-state index contributed by atoms with van der Waals surface area (Å²) in [7, 11) is 3.05. The lowest BCUT2D eigenvalue weighted by molar-refractivity contribution is 0.619. The van der Waals surface area contributed by atoms with Crippen molar-refractivity contribution in [3.63, 3.8) is 0 Å². The van der Waals surface area contributed by atoms with Crippen LogP contribution in [0.2, 0.25) is 0 Å². The molecule has 0 saturated heterocycles. The number of hydrogen-bond acceptors (Lipinski definition) is 6. The predicted octanol–water partition coefficient (Wildman–Crippen LogP) is -2.11. The first kappa shape index (κ1) is 12.2. The Labute approximate surface area is 101 Å². The highest BCUT2D eigenvalue weighted by Gasteiger charge is 2.06. The van der Waals surface area contributed by atoms with Crippen molar-refractivity contribution in [1.82, 2.24) is 35.1 Å². The van der Waals surface area contributed by atoms with Crippen LogP contribution in [0.5, 0.6) is 0 Å². The maximum atomic E-state index is 11.8. The van der Waals surface area contributed by atoms with Crippen LogP contribution in [0.15, 0.2) is 15.8 Å². The van der Waals surface area contributed by atoms with Gasteiger partial charge in [0.1, 0.15) is 0 Å². The van der Waals surface area contributed by atoms with Crippen LogP contribution in [0.4, 0.5) is 0 Å². The first-order valence-electron chi connectivity index (χ1n) is 5.28. The Morgan fingerprint density at radius 2 is 2.11 bits per heavy atom. The summed E-state index contributed by atoms with van der Waals surface area (Å²) in [6, 6.07) is 0. The molecule has 2 rings (SSSR count). The number of H-pyrrole nitrogens is 1. The zero-order valence-corrected chi connectivity index (χ0v) is 10.0. The molecule has 18 heavy (non-hydrogen) atoms. The average Bonchev–Trinajstić information content (AvgIpc) is 2.86. The third kappa shape index (κ3) is 2.35. The SMILES string of the molecule is Cn1cc(CNCc2nn[nH]n2)c(=O)n(C)c1=O. The van der Waals surface area contributed by atoms with Crippen molar-refractivity contribution in [1.29, 1.82) is 0 Å². The van der Waals surface area contributed by atoms with E-state index in [0.29, 0.717) is 24.5 Å². The maximum absolute atomic E-state index is 11.8. The molecule has 9 nitrogen and oxygen atoms in total. The minimum atomic E-state index is -0.345. The molecule has 0 spiro atoms. The zero-order chi connectivity index (χ0) is 13.1. The van der Waals surface area contributed by atoms with Crippen LogP contribution >= 0.6 is 0 Å². The lowest BCUT2D eigenvalue weighted by Crippen LogP contribution is -2.39. The highest BCUT2D eigenvalue weighted by Crippen LogP contribution is 1.89. The average molecular weight is 251 g/mol. The minimum Gasteiger partial charge on any atom is -0.305 e. The second kappa shape index (κ2) is 4.92. The van der Waals surface area contributed by atoms with Gasteiger partial charge in [0.25, 0.3) is 5.56 Å².